The molecule has 1 N–H and O–H groups in total. The summed E-state index contributed by atoms with van der Waals surface area (Å²) in [5.41, 5.74) is 2.55. The molecule has 0 amide bonds. The molecule has 2 aromatic carbocycles. The lowest BCUT2D eigenvalue weighted by Gasteiger charge is -2.17. The number of benzene rings is 2. The molecule has 1 unspecified atom stereocenters. The molecule has 0 fully saturated rings. The van der Waals surface area contributed by atoms with Crippen molar-refractivity contribution in [1.82, 2.24) is 5.32 Å². The molecular weight excluding hydrogens is 397 g/mol. The lowest BCUT2D eigenvalue weighted by atomic mass is 9.99. The molecule has 112 valence electrons. The number of ether oxygens (including phenoxy) is 1. The van der Waals surface area contributed by atoms with Crippen LogP contribution in [0.25, 0.3) is 0 Å². The molecule has 0 aliphatic carbocycles. The fourth-order valence-corrected chi connectivity index (χ4v) is 2.83. The van der Waals surface area contributed by atoms with Crippen molar-refractivity contribution in [1.29, 1.82) is 0 Å². The Morgan fingerprint density at radius 1 is 1.19 bits per heavy atom. The molecule has 2 nitrogen and oxygen atoms in total. The summed E-state index contributed by atoms with van der Waals surface area (Å²) in [7, 11) is 3.68. The van der Waals surface area contributed by atoms with Gasteiger partial charge >= 0.3 is 0 Å². The Hall–Kier alpha value is -0.780. The normalized spacial score (nSPS) is 12.2. The topological polar surface area (TPSA) is 21.3 Å². The van der Waals surface area contributed by atoms with E-state index in [2.05, 4.69) is 58.2 Å². The first-order valence-electron chi connectivity index (χ1n) is 6.89. The van der Waals surface area contributed by atoms with Crippen LogP contribution in [0, 0.1) is 3.57 Å². The predicted molar refractivity (Wildman–Crippen MR) is 97.3 cm³/mol. The van der Waals surface area contributed by atoms with E-state index < -0.39 is 0 Å². The Labute approximate surface area is 145 Å². The molecule has 0 heterocycles. The van der Waals surface area contributed by atoms with E-state index in [-0.39, 0.29) is 0 Å². The summed E-state index contributed by atoms with van der Waals surface area (Å²) < 4.78 is 6.27. The molecular formula is C17H19ClINO. The van der Waals surface area contributed by atoms with E-state index in [9.17, 15) is 0 Å². The minimum atomic E-state index is 0.307. The number of halogens is 2. The first kappa shape index (κ1) is 16.6. The van der Waals surface area contributed by atoms with Gasteiger partial charge in [-0.1, -0.05) is 29.8 Å². The van der Waals surface area contributed by atoms with Gasteiger partial charge in [0.25, 0.3) is 0 Å². The molecule has 0 aromatic heterocycles. The summed E-state index contributed by atoms with van der Waals surface area (Å²) in [6, 6.07) is 14.8. The summed E-state index contributed by atoms with van der Waals surface area (Å²) in [5, 5.41) is 4.19. The zero-order chi connectivity index (χ0) is 15.2. The maximum atomic E-state index is 6.22. The average molecular weight is 416 g/mol. The number of rotatable bonds is 6. The second-order valence-corrected chi connectivity index (χ2v) is 6.47. The zero-order valence-electron chi connectivity index (χ0n) is 12.2. The van der Waals surface area contributed by atoms with Gasteiger partial charge in [0.2, 0.25) is 0 Å². The largest absolute Gasteiger partial charge is 0.497 e. The van der Waals surface area contributed by atoms with Crippen LogP contribution in [0.15, 0.2) is 42.5 Å². The van der Waals surface area contributed by atoms with Crippen LogP contribution in [-0.2, 0) is 6.42 Å². The molecule has 4 heteroatoms. The highest BCUT2D eigenvalue weighted by atomic mass is 127. The summed E-state index contributed by atoms with van der Waals surface area (Å²) in [6.07, 6.45) is 2.04. The fraction of sp³-hybridized carbons (Fsp3) is 0.294. The van der Waals surface area contributed by atoms with Crippen LogP contribution in [0.2, 0.25) is 5.02 Å². The van der Waals surface area contributed by atoms with Gasteiger partial charge in [-0.25, -0.2) is 0 Å². The molecule has 0 saturated carbocycles. The van der Waals surface area contributed by atoms with Gasteiger partial charge in [-0.2, -0.15) is 0 Å². The van der Waals surface area contributed by atoms with Gasteiger partial charge in [-0.3, -0.25) is 0 Å². The van der Waals surface area contributed by atoms with E-state index in [4.69, 9.17) is 16.3 Å². The molecule has 2 aromatic rings. The first-order chi connectivity index (χ1) is 10.1. The van der Waals surface area contributed by atoms with Gasteiger partial charge in [-0.15, -0.1) is 0 Å². The van der Waals surface area contributed by atoms with Crippen molar-refractivity contribution in [3.8, 4) is 5.75 Å². The maximum Gasteiger partial charge on any atom is 0.118 e. The van der Waals surface area contributed by atoms with Gasteiger partial charge in [-0.05, 0) is 77.9 Å². The molecule has 0 bridgehead atoms. The molecule has 0 saturated heterocycles. The number of aryl methyl sites for hydroxylation is 1. The first-order valence-corrected chi connectivity index (χ1v) is 8.35. The van der Waals surface area contributed by atoms with Crippen molar-refractivity contribution in [3.05, 3.63) is 62.2 Å². The minimum absolute atomic E-state index is 0.307. The van der Waals surface area contributed by atoms with Crippen LogP contribution in [0.4, 0.5) is 0 Å². The van der Waals surface area contributed by atoms with Crippen molar-refractivity contribution in [2.24, 2.45) is 0 Å². The average Bonchev–Trinajstić information content (AvgIpc) is 2.52. The number of methoxy groups -OCH3 is 1. The van der Waals surface area contributed by atoms with Gasteiger partial charge < -0.3 is 10.1 Å². The van der Waals surface area contributed by atoms with E-state index in [1.54, 1.807) is 7.11 Å². The molecule has 21 heavy (non-hydrogen) atoms. The molecule has 0 radical (unpaired) electrons. The molecule has 0 aliphatic heterocycles. The van der Waals surface area contributed by atoms with Crippen LogP contribution >= 0.6 is 34.2 Å². The summed E-state index contributed by atoms with van der Waals surface area (Å²) in [5.74, 6) is 0.897. The number of nitrogens with one attached hydrogen (secondary N) is 1. The van der Waals surface area contributed by atoms with Gasteiger partial charge in [0.1, 0.15) is 5.75 Å². The third kappa shape index (κ3) is 4.59. The fourth-order valence-electron chi connectivity index (χ4n) is 2.31. The van der Waals surface area contributed by atoms with E-state index in [0.717, 1.165) is 27.2 Å². The van der Waals surface area contributed by atoms with Crippen LogP contribution in [0.1, 0.15) is 23.6 Å². The smallest absolute Gasteiger partial charge is 0.118 e. The summed E-state index contributed by atoms with van der Waals surface area (Å²) >= 11 is 8.47. The van der Waals surface area contributed by atoms with Crippen molar-refractivity contribution in [2.45, 2.75) is 18.9 Å². The van der Waals surface area contributed by atoms with Crippen LogP contribution < -0.4 is 10.1 Å². The lowest BCUT2D eigenvalue weighted by molar-refractivity contribution is 0.414. The Bertz CT molecular complexity index is 586. The van der Waals surface area contributed by atoms with Gasteiger partial charge in [0, 0.05) is 9.61 Å². The summed E-state index contributed by atoms with van der Waals surface area (Å²) in [4.78, 5) is 0. The molecule has 1 atom stereocenters. The van der Waals surface area contributed by atoms with Crippen LogP contribution in [-0.4, -0.2) is 14.2 Å². The second-order valence-electron chi connectivity index (χ2n) is 4.90. The Morgan fingerprint density at radius 3 is 2.48 bits per heavy atom. The van der Waals surface area contributed by atoms with Crippen molar-refractivity contribution in [3.63, 3.8) is 0 Å². The molecule has 0 spiro atoms. The number of hydrogen-bond donors (Lipinski definition) is 1. The standard InChI is InChI=1S/C17H19ClINO/c1-20-17(13-6-9-16(19)15(18)11-13)10-5-12-3-7-14(21-2)8-4-12/h3-4,6-9,11,17,20H,5,10H2,1-2H3. The number of hydrogen-bond acceptors (Lipinski definition) is 2. The van der Waals surface area contributed by atoms with E-state index in [1.807, 2.05) is 19.2 Å². The van der Waals surface area contributed by atoms with Gasteiger partial charge in [0.05, 0.1) is 12.1 Å². The SMILES string of the molecule is CNC(CCc1ccc(OC)cc1)c1ccc(I)c(Cl)c1. The maximum absolute atomic E-state index is 6.22. The summed E-state index contributed by atoms with van der Waals surface area (Å²) in [6.45, 7) is 0. The zero-order valence-corrected chi connectivity index (χ0v) is 15.1. The van der Waals surface area contributed by atoms with Crippen molar-refractivity contribution >= 4 is 34.2 Å². The van der Waals surface area contributed by atoms with Crippen molar-refractivity contribution in [2.75, 3.05) is 14.2 Å². The third-order valence-electron chi connectivity index (χ3n) is 3.58. The third-order valence-corrected chi connectivity index (χ3v) is 5.15. The van der Waals surface area contributed by atoms with Crippen molar-refractivity contribution < 1.29 is 4.74 Å². The highest BCUT2D eigenvalue weighted by Crippen LogP contribution is 2.26. The second kappa shape index (κ2) is 8.01. The van der Waals surface area contributed by atoms with E-state index in [0.29, 0.717) is 6.04 Å². The highest BCUT2D eigenvalue weighted by Gasteiger charge is 2.11. The van der Waals surface area contributed by atoms with E-state index >= 15 is 0 Å². The predicted octanol–water partition coefficient (Wildman–Crippen LogP) is 4.85. The lowest BCUT2D eigenvalue weighted by Crippen LogP contribution is -2.17. The Morgan fingerprint density at radius 2 is 1.90 bits per heavy atom. The van der Waals surface area contributed by atoms with E-state index in [1.165, 1.54) is 11.1 Å². The highest BCUT2D eigenvalue weighted by molar-refractivity contribution is 14.1. The minimum Gasteiger partial charge on any atom is -0.497 e. The Kier molecular flexibility index (Phi) is 6.33. The monoisotopic (exact) mass is 415 g/mol. The van der Waals surface area contributed by atoms with Crippen LogP contribution in [0.3, 0.4) is 0 Å². The molecule has 0 aliphatic rings. The van der Waals surface area contributed by atoms with Gasteiger partial charge in [0.15, 0.2) is 0 Å². The quantitative estimate of drug-likeness (QED) is 0.681. The van der Waals surface area contributed by atoms with Crippen LogP contribution in [0.5, 0.6) is 5.75 Å². The Balaban J connectivity index is 2.02. The molecule has 2 rings (SSSR count).